The molecule has 2 aromatic rings. The van der Waals surface area contributed by atoms with Crippen LogP contribution < -0.4 is 0 Å². The van der Waals surface area contributed by atoms with Gasteiger partial charge in [0, 0.05) is 12.4 Å². The van der Waals surface area contributed by atoms with Crippen LogP contribution in [0.4, 0.5) is 0 Å². The molecule has 1 heterocycles. The summed E-state index contributed by atoms with van der Waals surface area (Å²) in [4.78, 5) is 8.24. The van der Waals surface area contributed by atoms with E-state index >= 15 is 0 Å². The van der Waals surface area contributed by atoms with Crippen molar-refractivity contribution in [2.24, 2.45) is 0 Å². The lowest BCUT2D eigenvalue weighted by molar-refractivity contribution is 0.448. The predicted molar refractivity (Wildman–Crippen MR) is 49.7 cm³/mol. The lowest BCUT2D eigenvalue weighted by atomic mass is 10.3. The quantitative estimate of drug-likeness (QED) is 0.558. The first-order valence-corrected chi connectivity index (χ1v) is 3.64. The fourth-order valence-corrected chi connectivity index (χ4v) is 0.910. The highest BCUT2D eigenvalue weighted by Crippen LogP contribution is 2.04. The summed E-state index contributed by atoms with van der Waals surface area (Å²) in [5, 5.41) is 14.0. The van der Waals surface area contributed by atoms with Gasteiger partial charge in [-0.1, -0.05) is 12.1 Å². The number of hydrogen-bond donors (Lipinski definition) is 2. The van der Waals surface area contributed by atoms with Crippen molar-refractivity contribution >= 4 is 18.7 Å². The average molecular weight is 175 g/mol. The van der Waals surface area contributed by atoms with Crippen molar-refractivity contribution in [3.8, 4) is 0 Å². The molecule has 0 amide bonds. The van der Waals surface area contributed by atoms with Crippen LogP contribution in [0.3, 0.4) is 0 Å². The molecule has 4 nitrogen and oxygen atoms in total. The Morgan fingerprint density at radius 1 is 0.923 bits per heavy atom. The molecule has 1 aromatic carbocycles. The Kier molecular flexibility index (Phi) is 3.88. The maximum atomic E-state index is 7.00. The maximum Gasteiger partial charge on any atom is 0.482 e. The van der Waals surface area contributed by atoms with Crippen molar-refractivity contribution < 1.29 is 10.0 Å². The lowest BCUT2D eigenvalue weighted by Gasteiger charge is -1.90. The molecule has 13 heavy (non-hydrogen) atoms. The summed E-state index contributed by atoms with van der Waals surface area (Å²) in [7, 11) is 0. The van der Waals surface area contributed by atoms with E-state index < -0.39 is 0 Å². The van der Waals surface area contributed by atoms with Crippen molar-refractivity contribution in [3.05, 3.63) is 36.7 Å². The van der Waals surface area contributed by atoms with Gasteiger partial charge in [0.25, 0.3) is 0 Å². The summed E-state index contributed by atoms with van der Waals surface area (Å²) in [6.07, 6.45) is 3.39. The molecule has 0 saturated carbocycles. The zero-order valence-electron chi connectivity index (χ0n) is 6.83. The Morgan fingerprint density at radius 3 is 1.69 bits per heavy atom. The van der Waals surface area contributed by atoms with E-state index in [0.29, 0.717) is 0 Å². The van der Waals surface area contributed by atoms with Gasteiger partial charge in [-0.15, -0.1) is 0 Å². The molecule has 0 unspecified atom stereocenters. The first-order valence-electron chi connectivity index (χ1n) is 3.64. The van der Waals surface area contributed by atoms with E-state index in [1.807, 2.05) is 24.3 Å². The summed E-state index contributed by atoms with van der Waals surface area (Å²) in [5.74, 6) is 0. The molecule has 0 saturated heterocycles. The third-order valence-electron chi connectivity index (χ3n) is 1.38. The maximum absolute atomic E-state index is 7.00. The molecule has 1 radical (unpaired) electrons. The third-order valence-corrected chi connectivity index (χ3v) is 1.38. The highest BCUT2D eigenvalue weighted by atomic mass is 16.4. The Hall–Kier alpha value is -1.46. The van der Waals surface area contributed by atoms with Crippen LogP contribution in [0.25, 0.3) is 11.0 Å². The van der Waals surface area contributed by atoms with Crippen molar-refractivity contribution in [2.75, 3.05) is 0 Å². The van der Waals surface area contributed by atoms with E-state index in [1.165, 1.54) is 0 Å². The van der Waals surface area contributed by atoms with E-state index in [0.717, 1.165) is 11.0 Å². The van der Waals surface area contributed by atoms with Crippen LogP contribution >= 0.6 is 0 Å². The number of fused-ring (bicyclic) bond motifs is 1. The topological polar surface area (TPSA) is 66.2 Å². The molecular formula is C8H8BN2O2. The number of benzene rings is 1. The monoisotopic (exact) mass is 175 g/mol. The molecule has 65 valence electrons. The molecule has 0 aliphatic heterocycles. The third kappa shape index (κ3) is 2.81. The summed E-state index contributed by atoms with van der Waals surface area (Å²) in [6.45, 7) is 0. The summed E-state index contributed by atoms with van der Waals surface area (Å²) < 4.78 is 0. The van der Waals surface area contributed by atoms with E-state index in [9.17, 15) is 0 Å². The average Bonchev–Trinajstić information content (AvgIpc) is 2.19. The second-order valence-electron chi connectivity index (χ2n) is 2.16. The van der Waals surface area contributed by atoms with Crippen LogP contribution in [-0.4, -0.2) is 27.7 Å². The van der Waals surface area contributed by atoms with Gasteiger partial charge >= 0.3 is 7.69 Å². The lowest BCUT2D eigenvalue weighted by Crippen LogP contribution is -1.78. The minimum atomic E-state index is 0. The molecule has 0 aliphatic carbocycles. The van der Waals surface area contributed by atoms with E-state index in [-0.39, 0.29) is 7.69 Å². The van der Waals surface area contributed by atoms with Gasteiger partial charge in [0.2, 0.25) is 0 Å². The van der Waals surface area contributed by atoms with Gasteiger partial charge < -0.3 is 10.0 Å². The Balaban J connectivity index is 0.000000251. The molecule has 0 bridgehead atoms. The van der Waals surface area contributed by atoms with Crippen LogP contribution in [0.2, 0.25) is 0 Å². The van der Waals surface area contributed by atoms with Gasteiger partial charge in [-0.25, -0.2) is 0 Å². The van der Waals surface area contributed by atoms with Crippen molar-refractivity contribution in [3.63, 3.8) is 0 Å². The first-order chi connectivity index (χ1) is 6.38. The van der Waals surface area contributed by atoms with E-state index in [2.05, 4.69) is 9.97 Å². The van der Waals surface area contributed by atoms with Crippen molar-refractivity contribution in [1.82, 2.24) is 9.97 Å². The Labute approximate surface area is 76.2 Å². The van der Waals surface area contributed by atoms with Gasteiger partial charge in [-0.05, 0) is 12.1 Å². The minimum Gasteiger partial charge on any atom is -0.429 e. The van der Waals surface area contributed by atoms with Gasteiger partial charge in [0.05, 0.1) is 11.0 Å². The molecule has 5 heteroatoms. The number of rotatable bonds is 0. The summed E-state index contributed by atoms with van der Waals surface area (Å²) in [6, 6.07) is 7.80. The van der Waals surface area contributed by atoms with Crippen LogP contribution in [0.5, 0.6) is 0 Å². The largest absolute Gasteiger partial charge is 0.482 e. The second kappa shape index (κ2) is 5.24. The molecule has 2 N–H and O–H groups in total. The van der Waals surface area contributed by atoms with Crippen molar-refractivity contribution in [2.45, 2.75) is 0 Å². The first kappa shape index (κ1) is 9.63. The number of aromatic nitrogens is 2. The summed E-state index contributed by atoms with van der Waals surface area (Å²) in [5.41, 5.74) is 1.90. The molecule has 0 fully saturated rings. The zero-order chi connectivity index (χ0) is 9.52. The smallest absolute Gasteiger partial charge is 0.429 e. The second-order valence-corrected chi connectivity index (χ2v) is 2.16. The normalized spacial score (nSPS) is 8.77. The van der Waals surface area contributed by atoms with E-state index in [1.54, 1.807) is 12.4 Å². The Morgan fingerprint density at radius 2 is 1.31 bits per heavy atom. The van der Waals surface area contributed by atoms with Crippen LogP contribution in [-0.2, 0) is 0 Å². The highest BCUT2D eigenvalue weighted by molar-refractivity contribution is 6.13. The fourth-order valence-electron chi connectivity index (χ4n) is 0.910. The van der Waals surface area contributed by atoms with Gasteiger partial charge in [0.1, 0.15) is 0 Å². The standard InChI is InChI=1S/C8H6N2.BH2O2/c1-2-4-8-7(3-1)9-5-6-10-8;2-1-3/h1-6H;2-3H. The predicted octanol–water partition coefficient (Wildman–Crippen LogP) is 0.135. The SMILES string of the molecule is O[B]O.c1ccc2nccnc2c1. The number of nitrogens with zero attached hydrogens (tertiary/aromatic N) is 2. The van der Waals surface area contributed by atoms with Crippen LogP contribution in [0.15, 0.2) is 36.7 Å². The highest BCUT2D eigenvalue weighted by Gasteiger charge is 1.88. The van der Waals surface area contributed by atoms with Gasteiger partial charge in [-0.3, -0.25) is 9.97 Å². The molecule has 0 aliphatic rings. The molecule has 2 rings (SSSR count). The molecule has 1 aromatic heterocycles. The van der Waals surface area contributed by atoms with Gasteiger partial charge in [-0.2, -0.15) is 0 Å². The number of para-hydroxylation sites is 2. The fraction of sp³-hybridized carbons (Fsp3) is 0. The van der Waals surface area contributed by atoms with Crippen molar-refractivity contribution in [1.29, 1.82) is 0 Å². The Bertz CT molecular complexity index is 304. The molecule has 0 spiro atoms. The zero-order valence-corrected chi connectivity index (χ0v) is 6.83. The van der Waals surface area contributed by atoms with Crippen LogP contribution in [0.1, 0.15) is 0 Å². The molecule has 0 atom stereocenters. The molecular weight excluding hydrogens is 167 g/mol. The van der Waals surface area contributed by atoms with E-state index in [4.69, 9.17) is 10.0 Å². The van der Waals surface area contributed by atoms with Crippen LogP contribution in [0, 0.1) is 0 Å². The summed E-state index contributed by atoms with van der Waals surface area (Å²) >= 11 is 0. The minimum absolute atomic E-state index is 0. The van der Waals surface area contributed by atoms with Gasteiger partial charge in [0.15, 0.2) is 0 Å². The number of hydrogen-bond acceptors (Lipinski definition) is 4.